The maximum absolute atomic E-state index is 13.3. The maximum atomic E-state index is 13.3. The molecule has 4 aliphatic rings. The molecular formula is C39H39ClF3N7O8. The first-order valence-corrected chi connectivity index (χ1v) is 18.3. The lowest BCUT2D eigenvalue weighted by atomic mass is 9.92. The normalized spacial score (nSPS) is 15.0. The number of benzene rings is 3. The van der Waals surface area contributed by atoms with Crippen molar-refractivity contribution in [3.8, 4) is 11.8 Å². The van der Waals surface area contributed by atoms with Crippen molar-refractivity contribution in [2.45, 2.75) is 53.1 Å². The van der Waals surface area contributed by atoms with Crippen LogP contribution in [0.5, 0.6) is 11.8 Å². The second kappa shape index (κ2) is 17.9. The zero-order valence-electron chi connectivity index (χ0n) is 31.6. The van der Waals surface area contributed by atoms with Crippen molar-refractivity contribution < 1.29 is 45.8 Å². The van der Waals surface area contributed by atoms with Crippen LogP contribution in [0.4, 0.5) is 35.5 Å². The lowest BCUT2D eigenvalue weighted by molar-refractivity contribution is -0.137. The molecule has 15 nitrogen and oxygen atoms in total. The molecule has 0 unspecified atom stereocenters. The minimum atomic E-state index is -4.47. The average molecular weight is 826 g/mol. The summed E-state index contributed by atoms with van der Waals surface area (Å²) in [6.45, 7) is 5.90. The van der Waals surface area contributed by atoms with Crippen LogP contribution in [0.15, 0.2) is 80.4 Å². The summed E-state index contributed by atoms with van der Waals surface area (Å²) >= 11 is 6.59. The van der Waals surface area contributed by atoms with Gasteiger partial charge in [0, 0.05) is 37.4 Å². The zero-order valence-corrected chi connectivity index (χ0v) is 32.3. The van der Waals surface area contributed by atoms with Gasteiger partial charge in [-0.2, -0.15) is 28.1 Å². The third kappa shape index (κ3) is 11.4. The molecule has 19 heteroatoms. The summed E-state index contributed by atoms with van der Waals surface area (Å²) in [5.74, 6) is -0.325. The quantitative estimate of drug-likeness (QED) is 0.158. The molecule has 0 radical (unpaired) electrons. The van der Waals surface area contributed by atoms with Crippen LogP contribution >= 0.6 is 11.6 Å². The molecule has 58 heavy (non-hydrogen) atoms. The number of nitrogens with one attached hydrogen (secondary N) is 3. The molecule has 306 valence electrons. The molecule has 6 heterocycles. The predicted molar refractivity (Wildman–Crippen MR) is 204 cm³/mol. The third-order valence-electron chi connectivity index (χ3n) is 8.71. The number of rotatable bonds is 5. The Labute approximate surface area is 334 Å². The van der Waals surface area contributed by atoms with Gasteiger partial charge in [-0.05, 0) is 78.4 Å². The number of aryl methyl sites for hydroxylation is 1. The van der Waals surface area contributed by atoms with E-state index in [4.69, 9.17) is 34.6 Å². The van der Waals surface area contributed by atoms with Gasteiger partial charge in [0.25, 0.3) is 5.91 Å². The van der Waals surface area contributed by atoms with Gasteiger partial charge in [-0.15, -0.1) is 0 Å². The second-order valence-corrected chi connectivity index (χ2v) is 14.4. The van der Waals surface area contributed by atoms with Gasteiger partial charge in [0.2, 0.25) is 11.9 Å². The Bertz CT molecular complexity index is 2280. The molecule has 2 aromatic heterocycles. The second-order valence-electron chi connectivity index (χ2n) is 14.0. The average Bonchev–Trinajstić information content (AvgIpc) is 3.51. The fraction of sp³-hybridized carbons (Fsp3) is 0.333. The summed E-state index contributed by atoms with van der Waals surface area (Å²) in [4.78, 5) is 52.6. The molecule has 3 N–H and O–H groups in total. The lowest BCUT2D eigenvalue weighted by Crippen LogP contribution is -2.45. The van der Waals surface area contributed by atoms with E-state index in [0.717, 1.165) is 17.7 Å². The van der Waals surface area contributed by atoms with Gasteiger partial charge < -0.3 is 43.9 Å². The minimum Gasteiger partial charge on any atom is -0.492 e. The van der Waals surface area contributed by atoms with Crippen LogP contribution in [0.1, 0.15) is 58.8 Å². The van der Waals surface area contributed by atoms with Crippen molar-refractivity contribution in [2.75, 3.05) is 36.9 Å². The summed E-state index contributed by atoms with van der Waals surface area (Å²) in [7, 11) is 0. The molecule has 9 rings (SSSR count). The number of halogens is 4. The Kier molecular flexibility index (Phi) is 12.7. The van der Waals surface area contributed by atoms with Gasteiger partial charge >= 0.3 is 24.1 Å². The summed E-state index contributed by atoms with van der Waals surface area (Å²) in [5, 5.41) is 9.44. The van der Waals surface area contributed by atoms with Crippen molar-refractivity contribution in [1.29, 1.82) is 0 Å². The molecule has 0 saturated heterocycles. The fourth-order valence-corrected chi connectivity index (χ4v) is 5.93. The zero-order chi connectivity index (χ0) is 41.5. The number of amides is 2. The van der Waals surface area contributed by atoms with Gasteiger partial charge in [-0.25, -0.2) is 9.59 Å². The minimum absolute atomic E-state index is 0.0858. The van der Waals surface area contributed by atoms with Crippen molar-refractivity contribution >= 4 is 41.2 Å². The first-order chi connectivity index (χ1) is 27.6. The molecule has 5 aromatic rings. The molecule has 0 atom stereocenters. The van der Waals surface area contributed by atoms with Gasteiger partial charge in [0.1, 0.15) is 12.4 Å². The predicted octanol–water partition coefficient (Wildman–Crippen LogP) is 7.51. The molecule has 2 amide bonds. The van der Waals surface area contributed by atoms with E-state index < -0.39 is 29.1 Å². The van der Waals surface area contributed by atoms with Crippen LogP contribution in [0.2, 0.25) is 5.02 Å². The monoisotopic (exact) mass is 825 g/mol. The van der Waals surface area contributed by atoms with Crippen LogP contribution in [0.3, 0.4) is 0 Å². The Morgan fingerprint density at radius 3 is 2.38 bits per heavy atom. The summed E-state index contributed by atoms with van der Waals surface area (Å²) in [6, 6.07) is 16.2. The van der Waals surface area contributed by atoms with E-state index in [9.17, 15) is 27.6 Å². The van der Waals surface area contributed by atoms with Crippen molar-refractivity contribution in [3.05, 3.63) is 116 Å². The van der Waals surface area contributed by atoms with E-state index in [-0.39, 0.29) is 81.3 Å². The van der Waals surface area contributed by atoms with E-state index in [1.54, 1.807) is 42.5 Å². The molecular weight excluding hydrogens is 787 g/mol. The SMILES string of the molecule is Cc1oc(=O)oc1COC(=O)N1CCCOc2ccc(cc2Cl)CNc2nc(nc(OCc3ccc(C(F)(F)F)cc3)n2)Nc2ccc(cc2)C(=O)NCC(C)(C)C1. The number of carbonyl (C=O) groups is 2. The van der Waals surface area contributed by atoms with E-state index in [1.165, 1.54) is 24.0 Å². The van der Waals surface area contributed by atoms with Crippen LogP contribution in [0, 0.1) is 12.3 Å². The van der Waals surface area contributed by atoms with E-state index in [0.29, 0.717) is 34.0 Å². The summed E-state index contributed by atoms with van der Waals surface area (Å²) in [5.41, 5.74) is 0.703. The Morgan fingerprint density at radius 2 is 1.69 bits per heavy atom. The first kappa shape index (κ1) is 41.3. The largest absolute Gasteiger partial charge is 0.519 e. The first-order valence-electron chi connectivity index (χ1n) is 18.0. The van der Waals surface area contributed by atoms with Crippen molar-refractivity contribution in [1.82, 2.24) is 25.2 Å². The highest BCUT2D eigenvalue weighted by Crippen LogP contribution is 2.30. The number of hydrogen-bond donors (Lipinski definition) is 3. The molecule has 0 saturated carbocycles. The maximum Gasteiger partial charge on any atom is 0.519 e. The highest BCUT2D eigenvalue weighted by molar-refractivity contribution is 6.32. The van der Waals surface area contributed by atoms with E-state index >= 15 is 0 Å². The van der Waals surface area contributed by atoms with E-state index in [1.807, 2.05) is 13.8 Å². The number of aromatic nitrogens is 3. The number of nitrogens with zero attached hydrogens (tertiary/aromatic N) is 4. The molecule has 4 aliphatic heterocycles. The van der Waals surface area contributed by atoms with Gasteiger partial charge in [-0.3, -0.25) is 4.79 Å². The van der Waals surface area contributed by atoms with Crippen molar-refractivity contribution in [3.63, 3.8) is 0 Å². The molecule has 3 aromatic carbocycles. The molecule has 6 bridgehead atoms. The van der Waals surface area contributed by atoms with E-state index in [2.05, 4.69) is 30.9 Å². The number of hydrogen-bond acceptors (Lipinski definition) is 13. The smallest absolute Gasteiger partial charge is 0.492 e. The third-order valence-corrected chi connectivity index (χ3v) is 9.01. The number of anilines is 3. The number of carbonyl (C=O) groups excluding carboxylic acids is 2. The van der Waals surface area contributed by atoms with Crippen LogP contribution < -0.4 is 31.2 Å². The van der Waals surface area contributed by atoms with Crippen molar-refractivity contribution in [2.24, 2.45) is 5.41 Å². The Balaban J connectivity index is 1.20. The molecule has 0 spiro atoms. The van der Waals surface area contributed by atoms with Crippen LogP contribution in [-0.2, 0) is 30.7 Å². The summed E-state index contributed by atoms with van der Waals surface area (Å²) in [6.07, 6.45) is -4.74. The lowest BCUT2D eigenvalue weighted by Gasteiger charge is -2.32. The fourth-order valence-electron chi connectivity index (χ4n) is 5.67. The summed E-state index contributed by atoms with van der Waals surface area (Å²) < 4.78 is 66.2. The highest BCUT2D eigenvalue weighted by atomic mass is 35.5. The standard InChI is InChI=1S/C39H39ClF3N7O8/c1-23-31(58-37(53)57-23)20-56-36(52)50-15-4-16-54-30-14-7-25(17-29(30)40)18-44-33-47-34(46-28-12-8-26(9-13-28)32(51)45-21-38(2,3)22-50)49-35(48-33)55-19-24-5-10-27(11-6-24)39(41,42)43/h5-14,17H,4,15-16,18-22H2,1-3H3,(H,45,51)(H2,44,46,47,48,49). The molecule has 0 fully saturated rings. The topological polar surface area (TPSA) is 183 Å². The highest BCUT2D eigenvalue weighted by Gasteiger charge is 2.30. The Morgan fingerprint density at radius 1 is 0.948 bits per heavy atom. The number of alkyl halides is 3. The Hall–Kier alpha value is -6.30. The van der Waals surface area contributed by atoms with Gasteiger partial charge in [-0.1, -0.05) is 43.6 Å². The van der Waals surface area contributed by atoms with Gasteiger partial charge in [0.15, 0.2) is 18.1 Å². The molecule has 0 aliphatic carbocycles. The van der Waals surface area contributed by atoms with Gasteiger partial charge in [0.05, 0.1) is 17.2 Å². The van der Waals surface area contributed by atoms with Crippen LogP contribution in [-0.4, -0.2) is 58.1 Å². The van der Waals surface area contributed by atoms with Crippen LogP contribution in [0.25, 0.3) is 0 Å². The number of ether oxygens (including phenoxy) is 3.